The van der Waals surface area contributed by atoms with E-state index in [-0.39, 0.29) is 11.4 Å². The van der Waals surface area contributed by atoms with Crippen LogP contribution in [0.3, 0.4) is 0 Å². The summed E-state index contributed by atoms with van der Waals surface area (Å²) in [5, 5.41) is 7.37. The van der Waals surface area contributed by atoms with Crippen molar-refractivity contribution in [1.82, 2.24) is 10.6 Å². The zero-order valence-electron chi connectivity index (χ0n) is 12.0. The second-order valence-corrected chi connectivity index (χ2v) is 6.26. The lowest BCUT2D eigenvalue weighted by molar-refractivity contribution is -0.120. The van der Waals surface area contributed by atoms with Crippen LogP contribution in [-0.2, 0) is 16.0 Å². The van der Waals surface area contributed by atoms with Crippen LogP contribution in [-0.4, -0.2) is 38.3 Å². The lowest BCUT2D eigenvalue weighted by atomic mass is 9.98. The molecule has 4 nitrogen and oxygen atoms in total. The molecule has 1 atom stereocenters. The molecule has 1 saturated heterocycles. The summed E-state index contributed by atoms with van der Waals surface area (Å²) in [7, 11) is 1.68. The molecule has 0 radical (unpaired) electrons. The van der Waals surface area contributed by atoms with Gasteiger partial charge in [-0.05, 0) is 37.1 Å². The smallest absolute Gasteiger partial charge is 0.224 e. The number of amides is 1. The maximum Gasteiger partial charge on any atom is 0.224 e. The molecule has 6 heteroatoms. The first kappa shape index (κ1) is 16.6. The van der Waals surface area contributed by atoms with E-state index in [1.54, 1.807) is 19.2 Å². The molecule has 1 aliphatic rings. The summed E-state index contributed by atoms with van der Waals surface area (Å²) in [5.74, 6) is -0.0300. The third-order valence-corrected chi connectivity index (χ3v) is 4.46. The van der Waals surface area contributed by atoms with Crippen molar-refractivity contribution in [2.45, 2.75) is 24.8 Å². The number of carbonyl (C=O) groups is 1. The Balaban J connectivity index is 1.87. The van der Waals surface area contributed by atoms with Crippen LogP contribution in [0.1, 0.15) is 18.4 Å². The lowest BCUT2D eigenvalue weighted by Crippen LogP contribution is -2.53. The highest BCUT2D eigenvalue weighted by molar-refractivity contribution is 6.42. The molecular weight excluding hydrogens is 311 g/mol. The Morgan fingerprint density at radius 3 is 2.86 bits per heavy atom. The Hall–Kier alpha value is -0.810. The van der Waals surface area contributed by atoms with Crippen LogP contribution in [0.5, 0.6) is 0 Å². The van der Waals surface area contributed by atoms with Gasteiger partial charge in [0.25, 0.3) is 0 Å². The van der Waals surface area contributed by atoms with E-state index in [9.17, 15) is 4.79 Å². The summed E-state index contributed by atoms with van der Waals surface area (Å²) < 4.78 is 5.26. The second kappa shape index (κ2) is 7.45. The topological polar surface area (TPSA) is 50.4 Å². The quantitative estimate of drug-likeness (QED) is 0.842. The highest BCUT2D eigenvalue weighted by atomic mass is 35.5. The van der Waals surface area contributed by atoms with Crippen molar-refractivity contribution in [1.29, 1.82) is 0 Å². The maximum absolute atomic E-state index is 12.1. The van der Waals surface area contributed by atoms with Gasteiger partial charge in [0, 0.05) is 13.7 Å². The third-order valence-electron chi connectivity index (χ3n) is 3.73. The normalized spacial score (nSPS) is 21.5. The molecule has 1 aliphatic heterocycles. The van der Waals surface area contributed by atoms with Gasteiger partial charge < -0.3 is 15.4 Å². The molecule has 1 heterocycles. The standard InChI is InChI=1S/C15H20Cl2N2O2/c1-21-10-15(5-2-6-19-15)9-18-14(20)8-11-3-4-12(16)13(17)7-11/h3-4,7,19H,2,5-6,8-10H2,1H3,(H,18,20). The fourth-order valence-electron chi connectivity index (χ4n) is 2.64. The Bertz CT molecular complexity index is 502. The van der Waals surface area contributed by atoms with Crippen LogP contribution in [0.4, 0.5) is 0 Å². The molecular formula is C15H20Cl2N2O2. The van der Waals surface area contributed by atoms with Gasteiger partial charge in [0.15, 0.2) is 0 Å². The SMILES string of the molecule is COCC1(CNC(=O)Cc2ccc(Cl)c(Cl)c2)CCCN1. The minimum Gasteiger partial charge on any atom is -0.383 e. The number of rotatable bonds is 6. The van der Waals surface area contributed by atoms with E-state index in [2.05, 4.69) is 10.6 Å². The Kier molecular flexibility index (Phi) is 5.88. The van der Waals surface area contributed by atoms with Crippen LogP contribution in [0, 0.1) is 0 Å². The minimum absolute atomic E-state index is 0.0300. The number of hydrogen-bond donors (Lipinski definition) is 2. The number of methoxy groups -OCH3 is 1. The van der Waals surface area contributed by atoms with Gasteiger partial charge >= 0.3 is 0 Å². The van der Waals surface area contributed by atoms with Gasteiger partial charge in [0.1, 0.15) is 0 Å². The number of ether oxygens (including phenoxy) is 1. The molecule has 21 heavy (non-hydrogen) atoms. The first-order valence-electron chi connectivity index (χ1n) is 6.99. The van der Waals surface area contributed by atoms with Gasteiger partial charge in [-0.25, -0.2) is 0 Å². The zero-order valence-corrected chi connectivity index (χ0v) is 13.6. The summed E-state index contributed by atoms with van der Waals surface area (Å²) in [6.07, 6.45) is 2.40. The van der Waals surface area contributed by atoms with Crippen LogP contribution in [0.15, 0.2) is 18.2 Å². The van der Waals surface area contributed by atoms with Crippen LogP contribution < -0.4 is 10.6 Å². The summed E-state index contributed by atoms with van der Waals surface area (Å²) in [5.41, 5.74) is 0.712. The van der Waals surface area contributed by atoms with Crippen LogP contribution in [0.25, 0.3) is 0 Å². The van der Waals surface area contributed by atoms with Crippen molar-refractivity contribution in [3.05, 3.63) is 33.8 Å². The molecule has 0 aliphatic carbocycles. The van der Waals surface area contributed by atoms with E-state index >= 15 is 0 Å². The summed E-state index contributed by atoms with van der Waals surface area (Å²) in [6.45, 7) is 2.13. The van der Waals surface area contributed by atoms with Crippen molar-refractivity contribution >= 4 is 29.1 Å². The van der Waals surface area contributed by atoms with Gasteiger partial charge in [-0.15, -0.1) is 0 Å². The van der Waals surface area contributed by atoms with E-state index in [4.69, 9.17) is 27.9 Å². The predicted octanol–water partition coefficient (Wildman–Crippen LogP) is 2.42. The van der Waals surface area contributed by atoms with Crippen molar-refractivity contribution < 1.29 is 9.53 Å². The molecule has 0 bridgehead atoms. The molecule has 1 aromatic carbocycles. The lowest BCUT2D eigenvalue weighted by Gasteiger charge is -2.29. The minimum atomic E-state index is -0.137. The van der Waals surface area contributed by atoms with Gasteiger partial charge in [-0.1, -0.05) is 29.3 Å². The van der Waals surface area contributed by atoms with E-state index in [1.807, 2.05) is 6.07 Å². The third kappa shape index (κ3) is 4.58. The number of carbonyl (C=O) groups excluding carboxylic acids is 1. The Labute approximate surface area is 135 Å². The molecule has 0 saturated carbocycles. The average Bonchev–Trinajstić information content (AvgIpc) is 2.90. The monoisotopic (exact) mass is 330 g/mol. The van der Waals surface area contributed by atoms with Gasteiger partial charge in [-0.2, -0.15) is 0 Å². The first-order valence-corrected chi connectivity index (χ1v) is 7.75. The van der Waals surface area contributed by atoms with Crippen LogP contribution in [0.2, 0.25) is 10.0 Å². The fourth-order valence-corrected chi connectivity index (χ4v) is 2.96. The van der Waals surface area contributed by atoms with E-state index in [0.717, 1.165) is 24.9 Å². The molecule has 0 aromatic heterocycles. The largest absolute Gasteiger partial charge is 0.383 e. The first-order chi connectivity index (χ1) is 10.0. The van der Waals surface area contributed by atoms with Gasteiger partial charge in [0.2, 0.25) is 5.91 Å². The molecule has 116 valence electrons. The van der Waals surface area contributed by atoms with Crippen molar-refractivity contribution in [3.63, 3.8) is 0 Å². The number of benzene rings is 1. The predicted molar refractivity (Wildman–Crippen MR) is 85.0 cm³/mol. The average molecular weight is 331 g/mol. The fraction of sp³-hybridized carbons (Fsp3) is 0.533. The number of halogens is 2. The Morgan fingerprint density at radius 1 is 1.43 bits per heavy atom. The highest BCUT2D eigenvalue weighted by Gasteiger charge is 2.33. The summed E-state index contributed by atoms with van der Waals surface area (Å²) >= 11 is 11.8. The van der Waals surface area contributed by atoms with E-state index < -0.39 is 0 Å². The molecule has 1 amide bonds. The maximum atomic E-state index is 12.1. The van der Waals surface area contributed by atoms with Crippen molar-refractivity contribution in [3.8, 4) is 0 Å². The molecule has 0 spiro atoms. The molecule has 1 aromatic rings. The van der Waals surface area contributed by atoms with Crippen LogP contribution >= 0.6 is 23.2 Å². The highest BCUT2D eigenvalue weighted by Crippen LogP contribution is 2.23. The van der Waals surface area contributed by atoms with Crippen molar-refractivity contribution in [2.24, 2.45) is 0 Å². The summed E-state index contributed by atoms with van der Waals surface area (Å²) in [4.78, 5) is 12.1. The van der Waals surface area contributed by atoms with Gasteiger partial charge in [0.05, 0.1) is 28.6 Å². The second-order valence-electron chi connectivity index (χ2n) is 5.45. The summed E-state index contributed by atoms with van der Waals surface area (Å²) in [6, 6.07) is 5.24. The molecule has 2 rings (SSSR count). The number of nitrogens with one attached hydrogen (secondary N) is 2. The molecule has 2 N–H and O–H groups in total. The number of hydrogen-bond acceptors (Lipinski definition) is 3. The van der Waals surface area contributed by atoms with E-state index in [1.165, 1.54) is 0 Å². The van der Waals surface area contributed by atoms with E-state index in [0.29, 0.717) is 29.6 Å². The Morgan fingerprint density at radius 2 is 2.24 bits per heavy atom. The van der Waals surface area contributed by atoms with Gasteiger partial charge in [-0.3, -0.25) is 4.79 Å². The molecule has 1 unspecified atom stereocenters. The van der Waals surface area contributed by atoms with Crippen molar-refractivity contribution in [2.75, 3.05) is 26.8 Å². The molecule has 1 fully saturated rings. The zero-order chi connectivity index (χ0) is 15.3.